The Morgan fingerprint density at radius 3 is 2.33 bits per heavy atom. The third-order valence-electron chi connectivity index (χ3n) is 4.73. The molecule has 30 heavy (non-hydrogen) atoms. The lowest BCUT2D eigenvalue weighted by Crippen LogP contribution is -2.30. The number of hydrogen-bond donors (Lipinski definition) is 5. The van der Waals surface area contributed by atoms with E-state index in [0.29, 0.717) is 22.9 Å². The smallest absolute Gasteiger partial charge is 0.227 e. The number of aromatic hydroxyl groups is 2. The molecule has 5 N–H and O–H groups in total. The van der Waals surface area contributed by atoms with E-state index in [-0.39, 0.29) is 53.2 Å². The van der Waals surface area contributed by atoms with Crippen LogP contribution in [0.5, 0.6) is 11.5 Å². The fraction of sp³-hybridized carbons (Fsp3) is 0.474. The number of phenols is 2. The van der Waals surface area contributed by atoms with Crippen LogP contribution in [0.3, 0.4) is 0 Å². The van der Waals surface area contributed by atoms with Crippen molar-refractivity contribution < 1.29 is 15.3 Å². The van der Waals surface area contributed by atoms with Gasteiger partial charge in [-0.1, -0.05) is 30.7 Å². The fourth-order valence-corrected chi connectivity index (χ4v) is 3.12. The Labute approximate surface area is 178 Å². The molecule has 0 saturated carbocycles. The van der Waals surface area contributed by atoms with E-state index in [4.69, 9.17) is 11.6 Å². The SMILES string of the molecule is CC(C)[C@H](CO)Nc1nc(NCc2c(O)cc(Cl)cc2O)c2nnn(C(C)C)c2n1. The van der Waals surface area contributed by atoms with Crippen LogP contribution in [0.4, 0.5) is 11.8 Å². The van der Waals surface area contributed by atoms with Crippen molar-refractivity contribution in [3.63, 3.8) is 0 Å². The fourth-order valence-electron chi connectivity index (χ4n) is 2.92. The summed E-state index contributed by atoms with van der Waals surface area (Å²) in [5, 5.41) is 44.7. The predicted octanol–water partition coefficient (Wildman–Crippen LogP) is 2.91. The highest BCUT2D eigenvalue weighted by Crippen LogP contribution is 2.32. The third-order valence-corrected chi connectivity index (χ3v) is 4.95. The van der Waals surface area contributed by atoms with Crippen molar-refractivity contribution in [2.24, 2.45) is 5.92 Å². The Kier molecular flexibility index (Phi) is 6.47. The number of aromatic nitrogens is 5. The van der Waals surface area contributed by atoms with E-state index in [1.807, 2.05) is 27.7 Å². The number of aliphatic hydroxyl groups excluding tert-OH is 1. The summed E-state index contributed by atoms with van der Waals surface area (Å²) >= 11 is 5.85. The molecule has 0 aliphatic heterocycles. The van der Waals surface area contributed by atoms with E-state index >= 15 is 0 Å². The van der Waals surface area contributed by atoms with Gasteiger partial charge in [-0.15, -0.1) is 5.10 Å². The number of phenolic OH excluding ortho intramolecular Hbond substituents is 2. The number of benzene rings is 1. The van der Waals surface area contributed by atoms with Gasteiger partial charge in [0.25, 0.3) is 0 Å². The Morgan fingerprint density at radius 1 is 1.10 bits per heavy atom. The first kappa shape index (κ1) is 21.8. The van der Waals surface area contributed by atoms with Gasteiger partial charge < -0.3 is 26.0 Å². The lowest BCUT2D eigenvalue weighted by atomic mass is 10.1. The monoisotopic (exact) mass is 435 g/mol. The van der Waals surface area contributed by atoms with Crippen molar-refractivity contribution in [3.8, 4) is 11.5 Å². The van der Waals surface area contributed by atoms with Gasteiger partial charge in [0.2, 0.25) is 5.95 Å². The molecule has 1 aromatic carbocycles. The van der Waals surface area contributed by atoms with Gasteiger partial charge in [-0.2, -0.15) is 9.97 Å². The van der Waals surface area contributed by atoms with Gasteiger partial charge in [0.05, 0.1) is 24.3 Å². The first-order valence-electron chi connectivity index (χ1n) is 9.65. The number of nitrogens with one attached hydrogen (secondary N) is 2. The summed E-state index contributed by atoms with van der Waals surface area (Å²) in [5.74, 6) is 0.571. The molecule has 3 aromatic rings. The molecule has 0 spiro atoms. The highest BCUT2D eigenvalue weighted by molar-refractivity contribution is 6.30. The highest BCUT2D eigenvalue weighted by Gasteiger charge is 2.20. The van der Waals surface area contributed by atoms with Gasteiger partial charge in [-0.05, 0) is 31.9 Å². The first-order chi connectivity index (χ1) is 14.2. The van der Waals surface area contributed by atoms with Crippen molar-refractivity contribution in [1.29, 1.82) is 0 Å². The predicted molar refractivity (Wildman–Crippen MR) is 115 cm³/mol. The lowest BCUT2D eigenvalue weighted by Gasteiger charge is -2.20. The number of anilines is 2. The van der Waals surface area contributed by atoms with Crippen LogP contribution >= 0.6 is 11.6 Å². The van der Waals surface area contributed by atoms with Crippen LogP contribution in [-0.2, 0) is 6.54 Å². The van der Waals surface area contributed by atoms with Crippen molar-refractivity contribution >= 4 is 34.5 Å². The molecule has 0 amide bonds. The second-order valence-electron chi connectivity index (χ2n) is 7.65. The summed E-state index contributed by atoms with van der Waals surface area (Å²) < 4.78 is 1.67. The number of rotatable bonds is 8. The average molecular weight is 436 g/mol. The minimum Gasteiger partial charge on any atom is -0.507 e. The number of nitrogens with zero attached hydrogens (tertiary/aromatic N) is 5. The summed E-state index contributed by atoms with van der Waals surface area (Å²) in [6.45, 7) is 7.89. The molecule has 11 heteroatoms. The van der Waals surface area contributed by atoms with Gasteiger partial charge in [0.1, 0.15) is 11.5 Å². The zero-order valence-corrected chi connectivity index (χ0v) is 18.0. The lowest BCUT2D eigenvalue weighted by molar-refractivity contribution is 0.248. The second-order valence-corrected chi connectivity index (χ2v) is 8.09. The van der Waals surface area contributed by atoms with E-state index < -0.39 is 0 Å². The summed E-state index contributed by atoms with van der Waals surface area (Å²) in [4.78, 5) is 9.02. The average Bonchev–Trinajstić information content (AvgIpc) is 3.09. The molecule has 0 radical (unpaired) electrons. The van der Waals surface area contributed by atoms with Crippen LogP contribution in [0.2, 0.25) is 5.02 Å². The van der Waals surface area contributed by atoms with E-state index in [1.54, 1.807) is 4.68 Å². The van der Waals surface area contributed by atoms with E-state index in [0.717, 1.165) is 0 Å². The van der Waals surface area contributed by atoms with Crippen LogP contribution < -0.4 is 10.6 Å². The topological polar surface area (TPSA) is 141 Å². The molecule has 2 heterocycles. The molecular weight excluding hydrogens is 410 g/mol. The van der Waals surface area contributed by atoms with Crippen molar-refractivity contribution in [2.45, 2.75) is 46.3 Å². The molecular formula is C19H26ClN7O3. The van der Waals surface area contributed by atoms with Crippen LogP contribution in [0.15, 0.2) is 12.1 Å². The molecule has 0 fully saturated rings. The molecule has 162 valence electrons. The Hall–Kier alpha value is -2.85. The van der Waals surface area contributed by atoms with E-state index in [1.165, 1.54) is 12.1 Å². The molecule has 0 bridgehead atoms. The molecule has 1 atom stereocenters. The highest BCUT2D eigenvalue weighted by atomic mass is 35.5. The van der Waals surface area contributed by atoms with Crippen molar-refractivity contribution in [2.75, 3.05) is 17.2 Å². The van der Waals surface area contributed by atoms with Gasteiger partial charge in [0, 0.05) is 11.6 Å². The van der Waals surface area contributed by atoms with E-state index in [9.17, 15) is 15.3 Å². The molecule has 0 unspecified atom stereocenters. The number of fused-ring (bicyclic) bond motifs is 1. The van der Waals surface area contributed by atoms with Gasteiger partial charge >= 0.3 is 0 Å². The minimum atomic E-state index is -0.233. The number of hydrogen-bond acceptors (Lipinski definition) is 9. The van der Waals surface area contributed by atoms with Gasteiger partial charge in [-0.3, -0.25) is 0 Å². The zero-order valence-electron chi connectivity index (χ0n) is 17.3. The van der Waals surface area contributed by atoms with Gasteiger partial charge in [-0.25, -0.2) is 4.68 Å². The number of aliphatic hydroxyl groups is 1. The number of halogens is 1. The van der Waals surface area contributed by atoms with E-state index in [2.05, 4.69) is 30.9 Å². The summed E-state index contributed by atoms with van der Waals surface area (Å²) in [7, 11) is 0. The summed E-state index contributed by atoms with van der Waals surface area (Å²) in [6, 6.07) is 2.49. The second kappa shape index (κ2) is 8.88. The normalized spacial score (nSPS) is 12.7. The minimum absolute atomic E-state index is 0.0219. The maximum atomic E-state index is 10.1. The molecule has 0 saturated heterocycles. The maximum absolute atomic E-state index is 10.1. The quantitative estimate of drug-likeness (QED) is 0.361. The van der Waals surface area contributed by atoms with Crippen LogP contribution in [0.1, 0.15) is 39.3 Å². The van der Waals surface area contributed by atoms with Crippen LogP contribution in [0, 0.1) is 5.92 Å². The molecule has 0 aliphatic carbocycles. The Morgan fingerprint density at radius 2 is 1.77 bits per heavy atom. The van der Waals surface area contributed by atoms with Gasteiger partial charge in [0.15, 0.2) is 17.0 Å². The van der Waals surface area contributed by atoms with Crippen molar-refractivity contribution in [1.82, 2.24) is 25.0 Å². The summed E-state index contributed by atoms with van der Waals surface area (Å²) in [5.41, 5.74) is 1.25. The first-order valence-corrected chi connectivity index (χ1v) is 10.0. The zero-order chi connectivity index (χ0) is 22.0. The van der Waals surface area contributed by atoms with Crippen LogP contribution in [-0.4, -0.2) is 52.9 Å². The third kappa shape index (κ3) is 4.49. The largest absolute Gasteiger partial charge is 0.507 e. The Balaban J connectivity index is 2.00. The molecule has 0 aliphatic rings. The molecule has 10 nitrogen and oxygen atoms in total. The van der Waals surface area contributed by atoms with Crippen LogP contribution in [0.25, 0.3) is 11.2 Å². The van der Waals surface area contributed by atoms with Crippen molar-refractivity contribution in [3.05, 3.63) is 22.7 Å². The Bertz CT molecular complexity index is 1020. The molecule has 2 aromatic heterocycles. The summed E-state index contributed by atoms with van der Waals surface area (Å²) in [6.07, 6.45) is 0. The standard InChI is InChI=1S/C19H26ClN7O3/c1-9(2)13(8-28)22-19-23-17(16-18(24-19)27(10(3)4)26-25-16)21-7-12-14(29)5-11(20)6-15(12)30/h5-6,9-10,13,28-30H,7-8H2,1-4H3,(H2,21,22,23,24)/t13-/m0/s1. The molecule has 3 rings (SSSR count). The maximum Gasteiger partial charge on any atom is 0.227 e.